The van der Waals surface area contributed by atoms with E-state index in [-0.39, 0.29) is 5.41 Å². The van der Waals surface area contributed by atoms with Gasteiger partial charge in [-0.25, -0.2) is 0 Å². The van der Waals surface area contributed by atoms with Gasteiger partial charge >= 0.3 is 0 Å². The highest BCUT2D eigenvalue weighted by atomic mass is 14.4. The average Bonchev–Trinajstić information content (AvgIpc) is 3.51. The van der Waals surface area contributed by atoms with Gasteiger partial charge in [-0.1, -0.05) is 121 Å². The van der Waals surface area contributed by atoms with Crippen LogP contribution in [-0.4, -0.2) is 0 Å². The Morgan fingerprint density at radius 3 is 1.72 bits per heavy atom. The first-order valence-electron chi connectivity index (χ1n) is 10.3. The standard InChI is InChI=1S/C29H24/c1-3-15-24(16-4-1)29(26-19-9-10-20-26,25-17-5-2-6-18-25)28-22-12-11-21-27(28)23-13-7-8-14-23/h1-13,15-19,21-22H,14,20H2. The zero-order valence-electron chi connectivity index (χ0n) is 16.5. The predicted octanol–water partition coefficient (Wildman–Crippen LogP) is 7.25. The first-order valence-corrected chi connectivity index (χ1v) is 10.3. The van der Waals surface area contributed by atoms with Crippen LogP contribution in [0.1, 0.15) is 35.1 Å². The van der Waals surface area contributed by atoms with Crippen LogP contribution >= 0.6 is 0 Å². The van der Waals surface area contributed by atoms with E-state index in [0.29, 0.717) is 0 Å². The lowest BCUT2D eigenvalue weighted by Crippen LogP contribution is -2.32. The van der Waals surface area contributed by atoms with Crippen molar-refractivity contribution in [2.75, 3.05) is 0 Å². The summed E-state index contributed by atoms with van der Waals surface area (Å²) in [6.45, 7) is 0. The number of benzene rings is 3. The third kappa shape index (κ3) is 2.93. The van der Waals surface area contributed by atoms with Crippen molar-refractivity contribution in [3.05, 3.63) is 149 Å². The zero-order valence-corrected chi connectivity index (χ0v) is 16.5. The molecule has 2 aliphatic carbocycles. The number of hydrogen-bond acceptors (Lipinski definition) is 0. The Kier molecular flexibility index (Phi) is 4.62. The summed E-state index contributed by atoms with van der Waals surface area (Å²) in [5.74, 6) is 0. The lowest BCUT2D eigenvalue weighted by Gasteiger charge is -2.39. The molecule has 0 heterocycles. The predicted molar refractivity (Wildman–Crippen MR) is 123 cm³/mol. The Bertz CT molecular complexity index is 1090. The van der Waals surface area contributed by atoms with Gasteiger partial charge in [0.05, 0.1) is 5.41 Å². The number of rotatable bonds is 5. The van der Waals surface area contributed by atoms with Gasteiger partial charge in [-0.2, -0.15) is 0 Å². The van der Waals surface area contributed by atoms with Crippen LogP contribution in [0.3, 0.4) is 0 Å². The largest absolute Gasteiger partial charge is 0.0804 e. The smallest absolute Gasteiger partial charge is 0.0673 e. The van der Waals surface area contributed by atoms with Gasteiger partial charge in [0.15, 0.2) is 0 Å². The molecule has 0 aromatic heterocycles. The van der Waals surface area contributed by atoms with Crippen LogP contribution in [0.2, 0.25) is 0 Å². The van der Waals surface area contributed by atoms with Crippen LogP contribution in [0.25, 0.3) is 5.57 Å². The molecular formula is C29H24. The molecule has 0 fully saturated rings. The van der Waals surface area contributed by atoms with Crippen molar-refractivity contribution < 1.29 is 0 Å². The molecule has 5 rings (SSSR count). The highest BCUT2D eigenvalue weighted by molar-refractivity contribution is 5.77. The maximum atomic E-state index is 2.33. The molecule has 3 aromatic carbocycles. The van der Waals surface area contributed by atoms with E-state index in [9.17, 15) is 0 Å². The van der Waals surface area contributed by atoms with E-state index >= 15 is 0 Å². The third-order valence-corrected chi connectivity index (χ3v) is 6.11. The number of allylic oxidation sites excluding steroid dienone is 8. The Labute approximate surface area is 173 Å². The normalized spacial score (nSPS) is 15.4. The van der Waals surface area contributed by atoms with Gasteiger partial charge in [0.1, 0.15) is 0 Å². The van der Waals surface area contributed by atoms with Crippen molar-refractivity contribution in [3.8, 4) is 0 Å². The third-order valence-electron chi connectivity index (χ3n) is 6.11. The molecule has 0 bridgehead atoms. The second-order valence-corrected chi connectivity index (χ2v) is 7.68. The second kappa shape index (κ2) is 7.56. The second-order valence-electron chi connectivity index (χ2n) is 7.68. The minimum atomic E-state index is -0.313. The van der Waals surface area contributed by atoms with E-state index in [4.69, 9.17) is 0 Å². The lowest BCUT2D eigenvalue weighted by atomic mass is 9.62. The van der Waals surface area contributed by atoms with Crippen molar-refractivity contribution in [2.24, 2.45) is 0 Å². The lowest BCUT2D eigenvalue weighted by molar-refractivity contribution is 0.708. The summed E-state index contributed by atoms with van der Waals surface area (Å²) in [6, 6.07) is 31.0. The summed E-state index contributed by atoms with van der Waals surface area (Å²) in [5, 5.41) is 0. The van der Waals surface area contributed by atoms with Crippen molar-refractivity contribution in [2.45, 2.75) is 18.3 Å². The van der Waals surface area contributed by atoms with E-state index in [0.717, 1.165) is 12.8 Å². The highest BCUT2D eigenvalue weighted by Gasteiger charge is 2.41. The van der Waals surface area contributed by atoms with Crippen LogP contribution in [0.4, 0.5) is 0 Å². The molecule has 0 saturated heterocycles. The van der Waals surface area contributed by atoms with E-state index in [1.807, 2.05) is 0 Å². The van der Waals surface area contributed by atoms with E-state index in [1.165, 1.54) is 33.4 Å². The minimum Gasteiger partial charge on any atom is -0.0804 e. The topological polar surface area (TPSA) is 0 Å². The Balaban J connectivity index is 1.87. The van der Waals surface area contributed by atoms with E-state index < -0.39 is 0 Å². The van der Waals surface area contributed by atoms with E-state index in [2.05, 4.69) is 121 Å². The quantitative estimate of drug-likeness (QED) is 0.414. The van der Waals surface area contributed by atoms with Crippen LogP contribution in [0.15, 0.2) is 127 Å². The molecule has 140 valence electrons. The molecule has 3 aromatic rings. The van der Waals surface area contributed by atoms with Crippen molar-refractivity contribution in [1.29, 1.82) is 0 Å². The zero-order chi connectivity index (χ0) is 19.5. The molecule has 0 nitrogen and oxygen atoms in total. The number of hydrogen-bond donors (Lipinski definition) is 0. The van der Waals surface area contributed by atoms with Gasteiger partial charge in [-0.15, -0.1) is 0 Å². The molecule has 0 radical (unpaired) electrons. The van der Waals surface area contributed by atoms with Crippen LogP contribution < -0.4 is 0 Å². The molecule has 0 aliphatic heterocycles. The maximum Gasteiger partial charge on any atom is 0.0673 e. The van der Waals surface area contributed by atoms with Gasteiger partial charge in [0.25, 0.3) is 0 Å². The summed E-state index contributed by atoms with van der Waals surface area (Å²) in [5.41, 5.74) is 7.85. The van der Waals surface area contributed by atoms with Crippen LogP contribution in [0.5, 0.6) is 0 Å². The fourth-order valence-electron chi connectivity index (χ4n) is 4.86. The molecule has 0 N–H and O–H groups in total. The van der Waals surface area contributed by atoms with Crippen molar-refractivity contribution in [3.63, 3.8) is 0 Å². The molecule has 0 unspecified atom stereocenters. The average molecular weight is 373 g/mol. The molecule has 0 saturated carbocycles. The first kappa shape index (κ1) is 17.7. The van der Waals surface area contributed by atoms with E-state index in [1.54, 1.807) is 0 Å². The summed E-state index contributed by atoms with van der Waals surface area (Å²) >= 11 is 0. The van der Waals surface area contributed by atoms with Crippen LogP contribution in [-0.2, 0) is 5.41 Å². The SMILES string of the molecule is C1=CCC(c2ccccc2C(C2=CC=CC2)(c2ccccc2)c2ccccc2)=C1. The first-order chi connectivity index (χ1) is 14.4. The molecule has 29 heavy (non-hydrogen) atoms. The molecule has 2 aliphatic rings. The summed E-state index contributed by atoms with van der Waals surface area (Å²) in [7, 11) is 0. The van der Waals surface area contributed by atoms with Gasteiger partial charge in [-0.05, 0) is 46.2 Å². The Morgan fingerprint density at radius 2 is 1.14 bits per heavy atom. The van der Waals surface area contributed by atoms with Gasteiger partial charge < -0.3 is 0 Å². The van der Waals surface area contributed by atoms with Crippen molar-refractivity contribution in [1.82, 2.24) is 0 Å². The summed E-state index contributed by atoms with van der Waals surface area (Å²) < 4.78 is 0. The minimum absolute atomic E-state index is 0.313. The summed E-state index contributed by atoms with van der Waals surface area (Å²) in [4.78, 5) is 0. The van der Waals surface area contributed by atoms with Gasteiger partial charge in [0.2, 0.25) is 0 Å². The molecule has 0 heteroatoms. The molecule has 0 amide bonds. The van der Waals surface area contributed by atoms with Gasteiger partial charge in [-0.3, -0.25) is 0 Å². The molecular weight excluding hydrogens is 348 g/mol. The molecule has 0 atom stereocenters. The fraction of sp³-hybridized carbons (Fsp3) is 0.103. The fourth-order valence-corrected chi connectivity index (χ4v) is 4.86. The van der Waals surface area contributed by atoms with Crippen LogP contribution in [0, 0.1) is 0 Å². The Hall–Kier alpha value is -3.38. The Morgan fingerprint density at radius 1 is 0.552 bits per heavy atom. The highest BCUT2D eigenvalue weighted by Crippen LogP contribution is 2.50. The summed E-state index contributed by atoms with van der Waals surface area (Å²) in [6.07, 6.45) is 15.4. The van der Waals surface area contributed by atoms with Gasteiger partial charge in [0, 0.05) is 0 Å². The molecule has 0 spiro atoms. The van der Waals surface area contributed by atoms with Crippen molar-refractivity contribution >= 4 is 5.57 Å². The maximum absolute atomic E-state index is 2.33. The monoisotopic (exact) mass is 372 g/mol.